The number of thiophene rings is 1. The van der Waals surface area contributed by atoms with Crippen molar-refractivity contribution in [3.05, 3.63) is 35.2 Å². The third-order valence-electron chi connectivity index (χ3n) is 4.02. The molecule has 1 atom stereocenters. The van der Waals surface area contributed by atoms with Gasteiger partial charge in [0.25, 0.3) is 0 Å². The van der Waals surface area contributed by atoms with Gasteiger partial charge >= 0.3 is 0 Å². The average Bonchev–Trinajstić information content (AvgIpc) is 2.75. The lowest BCUT2D eigenvalue weighted by atomic mass is 9.72. The molecule has 0 bridgehead atoms. The minimum atomic E-state index is -0.127. The van der Waals surface area contributed by atoms with Gasteiger partial charge in [-0.2, -0.15) is 0 Å². The number of rotatable bonds is 3. The van der Waals surface area contributed by atoms with Crippen LogP contribution in [0.15, 0.2) is 29.6 Å². The fourth-order valence-electron chi connectivity index (χ4n) is 2.71. The summed E-state index contributed by atoms with van der Waals surface area (Å²) in [6.07, 6.45) is 3.38. The lowest BCUT2D eigenvalue weighted by molar-refractivity contribution is -0.0908. The van der Waals surface area contributed by atoms with Crippen LogP contribution in [0.1, 0.15) is 30.9 Å². The Balaban J connectivity index is 2.06. The molecule has 0 saturated heterocycles. The number of hydrogen-bond acceptors (Lipinski definition) is 3. The van der Waals surface area contributed by atoms with Crippen LogP contribution in [0.4, 0.5) is 0 Å². The molecule has 1 fully saturated rings. The minimum absolute atomic E-state index is 0.0106. The highest BCUT2D eigenvalue weighted by Crippen LogP contribution is 2.45. The molecule has 1 heterocycles. The van der Waals surface area contributed by atoms with Crippen LogP contribution in [0.25, 0.3) is 10.1 Å². The highest BCUT2D eigenvalue weighted by molar-refractivity contribution is 7.17. The first-order chi connectivity index (χ1) is 8.27. The van der Waals surface area contributed by atoms with Crippen LogP contribution in [0.5, 0.6) is 0 Å². The second-order valence-electron chi connectivity index (χ2n) is 4.79. The molecule has 1 aromatic carbocycles. The van der Waals surface area contributed by atoms with Crippen molar-refractivity contribution in [3.63, 3.8) is 0 Å². The van der Waals surface area contributed by atoms with E-state index in [1.807, 2.05) is 0 Å². The Kier molecular flexibility index (Phi) is 2.69. The van der Waals surface area contributed by atoms with Gasteiger partial charge in [0.1, 0.15) is 0 Å². The lowest BCUT2D eigenvalue weighted by Crippen LogP contribution is -2.48. The van der Waals surface area contributed by atoms with E-state index in [0.29, 0.717) is 0 Å². The predicted octanol–water partition coefficient (Wildman–Crippen LogP) is 3.47. The Labute approximate surface area is 105 Å². The molecular weight excluding hydrogens is 230 g/mol. The van der Waals surface area contributed by atoms with E-state index in [9.17, 15) is 0 Å². The average molecular weight is 247 g/mol. The van der Waals surface area contributed by atoms with E-state index in [1.54, 1.807) is 18.4 Å². The molecule has 2 aromatic rings. The highest BCUT2D eigenvalue weighted by atomic mass is 32.1. The lowest BCUT2D eigenvalue weighted by Gasteiger charge is -2.45. The van der Waals surface area contributed by atoms with Crippen molar-refractivity contribution >= 4 is 21.4 Å². The van der Waals surface area contributed by atoms with E-state index in [2.05, 4.69) is 29.6 Å². The summed E-state index contributed by atoms with van der Waals surface area (Å²) in [6, 6.07) is 8.51. The number of methoxy groups -OCH3 is 1. The first kappa shape index (κ1) is 11.2. The van der Waals surface area contributed by atoms with Gasteiger partial charge in [0.15, 0.2) is 0 Å². The molecule has 2 N–H and O–H groups in total. The molecule has 1 unspecified atom stereocenters. The van der Waals surface area contributed by atoms with Gasteiger partial charge in [0, 0.05) is 11.8 Å². The van der Waals surface area contributed by atoms with E-state index in [0.717, 1.165) is 12.8 Å². The minimum Gasteiger partial charge on any atom is -0.376 e. The summed E-state index contributed by atoms with van der Waals surface area (Å²) in [7, 11) is 1.79. The molecule has 1 aromatic heterocycles. The first-order valence-electron chi connectivity index (χ1n) is 6.04. The van der Waals surface area contributed by atoms with Crippen LogP contribution in [0.2, 0.25) is 0 Å². The number of benzene rings is 1. The predicted molar refractivity (Wildman–Crippen MR) is 72.3 cm³/mol. The van der Waals surface area contributed by atoms with Crippen LogP contribution in [-0.4, -0.2) is 12.7 Å². The molecular formula is C14H17NOS. The third-order valence-corrected chi connectivity index (χ3v) is 5.00. The van der Waals surface area contributed by atoms with E-state index >= 15 is 0 Å². The van der Waals surface area contributed by atoms with E-state index in [4.69, 9.17) is 10.5 Å². The SMILES string of the molecule is COC1(C(N)c2cccc3ccsc23)CCC1. The zero-order valence-electron chi connectivity index (χ0n) is 9.98. The van der Waals surface area contributed by atoms with Crippen LogP contribution in [-0.2, 0) is 4.74 Å². The van der Waals surface area contributed by atoms with Crippen LogP contribution in [0, 0.1) is 0 Å². The maximum Gasteiger partial charge on any atom is 0.0870 e. The molecule has 1 saturated carbocycles. The van der Waals surface area contributed by atoms with Crippen molar-refractivity contribution < 1.29 is 4.74 Å². The Bertz CT molecular complexity index is 524. The van der Waals surface area contributed by atoms with Gasteiger partial charge in [0.05, 0.1) is 11.6 Å². The van der Waals surface area contributed by atoms with Crippen LogP contribution in [0.3, 0.4) is 0 Å². The zero-order chi connectivity index (χ0) is 11.9. The van der Waals surface area contributed by atoms with Gasteiger partial charge in [-0.05, 0) is 41.7 Å². The number of ether oxygens (including phenoxy) is 1. The molecule has 0 amide bonds. The summed E-state index contributed by atoms with van der Waals surface area (Å²) >= 11 is 1.77. The van der Waals surface area contributed by atoms with Gasteiger partial charge in [-0.15, -0.1) is 11.3 Å². The third kappa shape index (κ3) is 1.61. The van der Waals surface area contributed by atoms with Gasteiger partial charge in [-0.1, -0.05) is 18.2 Å². The Morgan fingerprint density at radius 3 is 2.82 bits per heavy atom. The van der Waals surface area contributed by atoms with Crippen LogP contribution >= 0.6 is 11.3 Å². The number of hydrogen-bond donors (Lipinski definition) is 1. The maximum absolute atomic E-state index is 6.45. The second-order valence-corrected chi connectivity index (χ2v) is 5.70. The molecule has 90 valence electrons. The van der Waals surface area contributed by atoms with Crippen LogP contribution < -0.4 is 5.73 Å². The summed E-state index contributed by atoms with van der Waals surface area (Å²) in [5.41, 5.74) is 7.56. The molecule has 1 aliphatic carbocycles. The summed E-state index contributed by atoms with van der Waals surface area (Å²) in [4.78, 5) is 0. The summed E-state index contributed by atoms with van der Waals surface area (Å²) in [6.45, 7) is 0. The zero-order valence-corrected chi connectivity index (χ0v) is 10.8. The second kappa shape index (κ2) is 4.09. The molecule has 0 spiro atoms. The molecule has 1 aliphatic rings. The fraction of sp³-hybridized carbons (Fsp3) is 0.429. The maximum atomic E-state index is 6.45. The Hall–Kier alpha value is -0.900. The van der Waals surface area contributed by atoms with E-state index in [-0.39, 0.29) is 11.6 Å². The summed E-state index contributed by atoms with van der Waals surface area (Å²) in [5, 5.41) is 3.41. The number of nitrogens with two attached hydrogens (primary N) is 1. The largest absolute Gasteiger partial charge is 0.376 e. The van der Waals surface area contributed by atoms with Crippen molar-refractivity contribution in [1.82, 2.24) is 0 Å². The van der Waals surface area contributed by atoms with Crippen molar-refractivity contribution in [2.45, 2.75) is 30.9 Å². The molecule has 2 nitrogen and oxygen atoms in total. The van der Waals surface area contributed by atoms with Gasteiger partial charge < -0.3 is 10.5 Å². The van der Waals surface area contributed by atoms with Gasteiger partial charge in [-0.25, -0.2) is 0 Å². The molecule has 0 aliphatic heterocycles. The monoisotopic (exact) mass is 247 g/mol. The Morgan fingerprint density at radius 1 is 1.35 bits per heavy atom. The highest BCUT2D eigenvalue weighted by Gasteiger charge is 2.43. The fourth-order valence-corrected chi connectivity index (χ4v) is 3.67. The van der Waals surface area contributed by atoms with E-state index < -0.39 is 0 Å². The molecule has 17 heavy (non-hydrogen) atoms. The smallest absolute Gasteiger partial charge is 0.0870 e. The van der Waals surface area contributed by atoms with Gasteiger partial charge in [0.2, 0.25) is 0 Å². The van der Waals surface area contributed by atoms with Crippen molar-refractivity contribution in [2.75, 3.05) is 7.11 Å². The topological polar surface area (TPSA) is 35.2 Å². The van der Waals surface area contributed by atoms with Crippen molar-refractivity contribution in [3.8, 4) is 0 Å². The number of fused-ring (bicyclic) bond motifs is 1. The van der Waals surface area contributed by atoms with E-state index in [1.165, 1.54) is 22.1 Å². The summed E-state index contributed by atoms with van der Waals surface area (Å²) < 4.78 is 7.00. The molecule has 3 heteroatoms. The summed E-state index contributed by atoms with van der Waals surface area (Å²) in [5.74, 6) is 0. The molecule has 3 rings (SSSR count). The van der Waals surface area contributed by atoms with Crippen molar-refractivity contribution in [2.24, 2.45) is 5.73 Å². The van der Waals surface area contributed by atoms with Crippen molar-refractivity contribution in [1.29, 1.82) is 0 Å². The quantitative estimate of drug-likeness (QED) is 0.901. The van der Waals surface area contributed by atoms with Gasteiger partial charge in [-0.3, -0.25) is 0 Å². The molecule has 0 radical (unpaired) electrons. The Morgan fingerprint density at radius 2 is 2.18 bits per heavy atom. The standard InChI is InChI=1S/C14H17NOS/c1-16-14(7-3-8-14)13(15)11-5-2-4-10-6-9-17-12(10)11/h2,4-6,9,13H,3,7-8,15H2,1H3. The first-order valence-corrected chi connectivity index (χ1v) is 6.92. The normalized spacial score (nSPS) is 20.1.